The average molecular weight is 276 g/mol. The molecule has 5 nitrogen and oxygen atoms in total. The highest BCUT2D eigenvalue weighted by molar-refractivity contribution is 5.38. The summed E-state index contributed by atoms with van der Waals surface area (Å²) in [4.78, 5) is 1.82. The van der Waals surface area contributed by atoms with Crippen LogP contribution in [0, 0.1) is 0 Å². The van der Waals surface area contributed by atoms with Crippen molar-refractivity contribution in [2.24, 2.45) is 5.73 Å². The Balaban J connectivity index is 2.10. The molecule has 0 amide bonds. The number of alkyl halides is 3. The molecule has 0 spiro atoms. The summed E-state index contributed by atoms with van der Waals surface area (Å²) in [7, 11) is 0. The summed E-state index contributed by atoms with van der Waals surface area (Å²) in [5, 5.41) is 6.83. The quantitative estimate of drug-likeness (QED) is 0.874. The molecule has 2 unspecified atom stereocenters. The Morgan fingerprint density at radius 1 is 1.42 bits per heavy atom. The maximum Gasteiger partial charge on any atom is 0.435 e. The summed E-state index contributed by atoms with van der Waals surface area (Å²) < 4.78 is 42.6. The molecular formula is C11H15F3N4O. The minimum atomic E-state index is -4.47. The van der Waals surface area contributed by atoms with Gasteiger partial charge >= 0.3 is 6.18 Å². The molecule has 1 aromatic heterocycles. The molecule has 1 aliphatic rings. The van der Waals surface area contributed by atoms with Gasteiger partial charge in [0.25, 0.3) is 0 Å². The summed E-state index contributed by atoms with van der Waals surface area (Å²) >= 11 is 0. The summed E-state index contributed by atoms with van der Waals surface area (Å²) in [5.41, 5.74) is 4.76. The normalized spacial score (nSPS) is 22.4. The van der Waals surface area contributed by atoms with Gasteiger partial charge in [-0.2, -0.15) is 13.2 Å². The van der Waals surface area contributed by atoms with E-state index < -0.39 is 11.9 Å². The number of morpholine rings is 1. The van der Waals surface area contributed by atoms with Crippen molar-refractivity contribution in [2.45, 2.75) is 25.2 Å². The van der Waals surface area contributed by atoms with Crippen molar-refractivity contribution < 1.29 is 17.9 Å². The Labute approximate surface area is 108 Å². The van der Waals surface area contributed by atoms with Crippen LogP contribution < -0.4 is 10.6 Å². The van der Waals surface area contributed by atoms with E-state index in [1.54, 1.807) is 0 Å². The third kappa shape index (κ3) is 3.32. The van der Waals surface area contributed by atoms with Crippen molar-refractivity contribution in [3.05, 3.63) is 17.8 Å². The van der Waals surface area contributed by atoms with E-state index in [0.717, 1.165) is 6.07 Å². The Hall–Kier alpha value is -1.41. The van der Waals surface area contributed by atoms with Crippen molar-refractivity contribution in [1.82, 2.24) is 10.2 Å². The van der Waals surface area contributed by atoms with E-state index in [1.165, 1.54) is 6.07 Å². The second-order valence-electron chi connectivity index (χ2n) is 4.49. The monoisotopic (exact) mass is 276 g/mol. The lowest BCUT2D eigenvalue weighted by Gasteiger charge is -2.35. The number of hydrogen-bond donors (Lipinski definition) is 1. The number of rotatable bonds is 2. The van der Waals surface area contributed by atoms with Gasteiger partial charge in [0.1, 0.15) is 0 Å². The van der Waals surface area contributed by atoms with Crippen molar-refractivity contribution in [3.8, 4) is 0 Å². The largest absolute Gasteiger partial charge is 0.435 e. The van der Waals surface area contributed by atoms with E-state index >= 15 is 0 Å². The molecule has 106 valence electrons. The molecule has 2 atom stereocenters. The zero-order valence-corrected chi connectivity index (χ0v) is 10.4. The Kier molecular flexibility index (Phi) is 3.91. The molecule has 1 fully saturated rings. The highest BCUT2D eigenvalue weighted by Crippen LogP contribution is 2.27. The minimum Gasteiger partial charge on any atom is -0.373 e. The zero-order chi connectivity index (χ0) is 14.0. The minimum absolute atomic E-state index is 0.148. The van der Waals surface area contributed by atoms with E-state index in [2.05, 4.69) is 10.2 Å². The first kappa shape index (κ1) is 14.0. The number of anilines is 1. The second kappa shape index (κ2) is 5.30. The molecule has 2 N–H and O–H groups in total. The summed E-state index contributed by atoms with van der Waals surface area (Å²) in [6.45, 7) is 3.35. The fraction of sp³-hybridized carbons (Fsp3) is 0.636. The van der Waals surface area contributed by atoms with Crippen LogP contribution in [-0.4, -0.2) is 42.0 Å². The highest BCUT2D eigenvalue weighted by Gasteiger charge is 2.33. The van der Waals surface area contributed by atoms with Crippen LogP contribution >= 0.6 is 0 Å². The number of aromatic nitrogens is 2. The lowest BCUT2D eigenvalue weighted by atomic mass is 10.1. The Morgan fingerprint density at radius 2 is 2.16 bits per heavy atom. The van der Waals surface area contributed by atoms with Gasteiger partial charge in [-0.05, 0) is 19.1 Å². The van der Waals surface area contributed by atoms with Gasteiger partial charge in [-0.3, -0.25) is 0 Å². The van der Waals surface area contributed by atoms with Crippen LogP contribution in [0.5, 0.6) is 0 Å². The van der Waals surface area contributed by atoms with Crippen LogP contribution in [0.2, 0.25) is 0 Å². The third-order valence-electron chi connectivity index (χ3n) is 2.94. The van der Waals surface area contributed by atoms with Crippen LogP contribution in [0.25, 0.3) is 0 Å². The molecule has 19 heavy (non-hydrogen) atoms. The van der Waals surface area contributed by atoms with Crippen molar-refractivity contribution >= 4 is 5.82 Å². The third-order valence-corrected chi connectivity index (χ3v) is 2.94. The first-order valence-corrected chi connectivity index (χ1v) is 5.91. The predicted octanol–water partition coefficient (Wildman–Crippen LogP) is 1.05. The van der Waals surface area contributed by atoms with Gasteiger partial charge in [-0.25, -0.2) is 0 Å². The van der Waals surface area contributed by atoms with Crippen LogP contribution in [0.4, 0.5) is 19.0 Å². The van der Waals surface area contributed by atoms with Gasteiger partial charge in [0.2, 0.25) is 0 Å². The second-order valence-corrected chi connectivity index (χ2v) is 4.49. The van der Waals surface area contributed by atoms with Crippen molar-refractivity contribution in [2.75, 3.05) is 24.6 Å². The van der Waals surface area contributed by atoms with E-state index in [1.807, 2.05) is 11.8 Å². The van der Waals surface area contributed by atoms with Gasteiger partial charge in [0.05, 0.1) is 12.7 Å². The summed E-state index contributed by atoms with van der Waals surface area (Å²) in [6.07, 6.45) is -4.62. The molecule has 8 heteroatoms. The average Bonchev–Trinajstić information content (AvgIpc) is 2.38. The highest BCUT2D eigenvalue weighted by atomic mass is 19.4. The molecule has 0 aliphatic carbocycles. The smallest absolute Gasteiger partial charge is 0.373 e. The first-order chi connectivity index (χ1) is 8.88. The van der Waals surface area contributed by atoms with Gasteiger partial charge in [0.15, 0.2) is 11.5 Å². The molecule has 0 aromatic carbocycles. The lowest BCUT2D eigenvalue weighted by Crippen LogP contribution is -2.49. The molecule has 1 aromatic rings. The number of halogens is 3. The van der Waals surface area contributed by atoms with Crippen molar-refractivity contribution in [1.29, 1.82) is 0 Å². The van der Waals surface area contributed by atoms with Gasteiger partial charge < -0.3 is 15.4 Å². The maximum atomic E-state index is 12.4. The number of ether oxygens (including phenoxy) is 1. The fourth-order valence-corrected chi connectivity index (χ4v) is 1.85. The van der Waals surface area contributed by atoms with Crippen LogP contribution in [0.3, 0.4) is 0 Å². The first-order valence-electron chi connectivity index (χ1n) is 5.91. The lowest BCUT2D eigenvalue weighted by molar-refractivity contribution is -0.141. The van der Waals surface area contributed by atoms with Crippen molar-refractivity contribution in [3.63, 3.8) is 0 Å². The standard InChI is InChI=1S/C11H15F3N4O/c1-7(15)8-6-18(4-5-19-8)10-3-2-9(16-17-10)11(12,13)14/h2-3,7-8H,4-6,15H2,1H3. The Bertz CT molecular complexity index is 421. The van der Waals surface area contributed by atoms with Crippen LogP contribution in [0.1, 0.15) is 12.6 Å². The number of nitrogens with zero attached hydrogens (tertiary/aromatic N) is 3. The molecular weight excluding hydrogens is 261 g/mol. The SMILES string of the molecule is CC(N)C1CN(c2ccc(C(F)(F)F)nn2)CCO1. The molecule has 2 heterocycles. The molecule has 1 aliphatic heterocycles. The number of hydrogen-bond acceptors (Lipinski definition) is 5. The van der Waals surface area contributed by atoms with Crippen LogP contribution in [-0.2, 0) is 10.9 Å². The molecule has 2 rings (SSSR count). The molecule has 0 bridgehead atoms. The fourth-order valence-electron chi connectivity index (χ4n) is 1.85. The van der Waals surface area contributed by atoms with Gasteiger partial charge in [0, 0.05) is 19.1 Å². The van der Waals surface area contributed by atoms with E-state index in [4.69, 9.17) is 10.5 Å². The molecule has 1 saturated heterocycles. The van der Waals surface area contributed by atoms with E-state index in [9.17, 15) is 13.2 Å². The molecule has 0 saturated carbocycles. The summed E-state index contributed by atoms with van der Waals surface area (Å²) in [6, 6.07) is 2.10. The number of nitrogens with two attached hydrogens (primary N) is 1. The van der Waals surface area contributed by atoms with Gasteiger partial charge in [-0.1, -0.05) is 0 Å². The van der Waals surface area contributed by atoms with Crippen LogP contribution in [0.15, 0.2) is 12.1 Å². The topological polar surface area (TPSA) is 64.3 Å². The maximum absolute atomic E-state index is 12.4. The predicted molar refractivity (Wildman–Crippen MR) is 62.6 cm³/mol. The molecule has 0 radical (unpaired) electrons. The summed E-state index contributed by atoms with van der Waals surface area (Å²) in [5.74, 6) is 0.405. The van der Waals surface area contributed by atoms with E-state index in [-0.39, 0.29) is 12.1 Å². The Morgan fingerprint density at radius 3 is 2.68 bits per heavy atom. The van der Waals surface area contributed by atoms with Gasteiger partial charge in [-0.15, -0.1) is 10.2 Å². The zero-order valence-electron chi connectivity index (χ0n) is 10.4. The van der Waals surface area contributed by atoms with E-state index in [0.29, 0.717) is 25.5 Å².